The maximum Gasteiger partial charge on any atom is 0.317 e. The molecule has 0 bridgehead atoms. The van der Waals surface area contributed by atoms with Crippen molar-refractivity contribution in [2.45, 2.75) is 31.7 Å². The van der Waals surface area contributed by atoms with Crippen molar-refractivity contribution < 1.29 is 14.7 Å². The highest BCUT2D eigenvalue weighted by molar-refractivity contribution is 5.76. The molecule has 0 spiro atoms. The summed E-state index contributed by atoms with van der Waals surface area (Å²) in [6.45, 7) is 3.17. The molecule has 2 rings (SSSR count). The molecule has 6 heteroatoms. The van der Waals surface area contributed by atoms with E-state index in [1.165, 1.54) is 0 Å². The van der Waals surface area contributed by atoms with Crippen LogP contribution in [-0.4, -0.2) is 54.2 Å². The Morgan fingerprint density at radius 1 is 1.33 bits per heavy atom. The van der Waals surface area contributed by atoms with E-state index in [0.717, 1.165) is 38.9 Å². The first-order valence-electron chi connectivity index (χ1n) is 6.65. The van der Waals surface area contributed by atoms with E-state index >= 15 is 0 Å². The van der Waals surface area contributed by atoms with Crippen molar-refractivity contribution in [3.8, 4) is 0 Å². The molecule has 2 amide bonds. The molecule has 102 valence electrons. The summed E-state index contributed by atoms with van der Waals surface area (Å²) in [5, 5.41) is 15.0. The summed E-state index contributed by atoms with van der Waals surface area (Å²) in [5.74, 6) is -0.486. The van der Waals surface area contributed by atoms with E-state index in [1.807, 2.05) is 0 Å². The van der Waals surface area contributed by atoms with Gasteiger partial charge in [0.15, 0.2) is 0 Å². The number of amides is 2. The van der Waals surface area contributed by atoms with Gasteiger partial charge in [0.25, 0.3) is 0 Å². The Morgan fingerprint density at radius 3 is 2.78 bits per heavy atom. The van der Waals surface area contributed by atoms with Gasteiger partial charge in [-0.25, -0.2) is 4.79 Å². The number of aliphatic carboxylic acids is 1. The van der Waals surface area contributed by atoms with Gasteiger partial charge < -0.3 is 20.6 Å². The summed E-state index contributed by atoms with van der Waals surface area (Å²) in [4.78, 5) is 24.6. The molecule has 0 radical (unpaired) electrons. The number of nitrogens with one attached hydrogen (secondary N) is 2. The average Bonchev–Trinajstić information content (AvgIpc) is 3.15. The summed E-state index contributed by atoms with van der Waals surface area (Å²) in [6, 6.07) is -0.317. The van der Waals surface area contributed by atoms with Crippen molar-refractivity contribution in [2.24, 2.45) is 5.92 Å². The quantitative estimate of drug-likeness (QED) is 0.672. The zero-order valence-corrected chi connectivity index (χ0v) is 10.5. The second-order valence-corrected chi connectivity index (χ2v) is 5.08. The van der Waals surface area contributed by atoms with Crippen LogP contribution in [0.4, 0.5) is 4.79 Å². The molecule has 1 heterocycles. The standard InChI is InChI=1S/C12H21N3O3/c16-11(17)8-10(9-2-3-9)14-12(18)15-6-1-4-13-5-7-15/h9-10,13H,1-8H2,(H,14,18)(H,16,17). The average molecular weight is 255 g/mol. The number of carboxylic acids is 1. The van der Waals surface area contributed by atoms with E-state index < -0.39 is 5.97 Å². The molecule has 1 saturated carbocycles. The van der Waals surface area contributed by atoms with Gasteiger partial charge in [-0.15, -0.1) is 0 Å². The highest BCUT2D eigenvalue weighted by atomic mass is 16.4. The number of nitrogens with zero attached hydrogens (tertiary/aromatic N) is 1. The van der Waals surface area contributed by atoms with Gasteiger partial charge in [-0.1, -0.05) is 0 Å². The molecule has 0 aromatic heterocycles. The molecule has 6 nitrogen and oxygen atoms in total. The third kappa shape index (κ3) is 3.87. The molecule has 1 aliphatic heterocycles. The van der Waals surface area contributed by atoms with E-state index in [2.05, 4.69) is 10.6 Å². The van der Waals surface area contributed by atoms with Crippen LogP contribution in [0.1, 0.15) is 25.7 Å². The second kappa shape index (κ2) is 6.04. The fourth-order valence-corrected chi connectivity index (χ4v) is 2.32. The molecule has 1 saturated heterocycles. The lowest BCUT2D eigenvalue weighted by molar-refractivity contribution is -0.137. The van der Waals surface area contributed by atoms with Crippen molar-refractivity contribution >= 4 is 12.0 Å². The first-order chi connectivity index (χ1) is 8.66. The highest BCUT2D eigenvalue weighted by Crippen LogP contribution is 2.34. The predicted molar refractivity (Wildman–Crippen MR) is 66.4 cm³/mol. The summed E-state index contributed by atoms with van der Waals surface area (Å²) >= 11 is 0. The van der Waals surface area contributed by atoms with E-state index in [-0.39, 0.29) is 18.5 Å². The van der Waals surface area contributed by atoms with E-state index in [1.54, 1.807) is 4.90 Å². The van der Waals surface area contributed by atoms with Crippen LogP contribution in [0.5, 0.6) is 0 Å². The fraction of sp³-hybridized carbons (Fsp3) is 0.833. The first-order valence-corrected chi connectivity index (χ1v) is 6.65. The molecule has 0 aromatic carbocycles. The van der Waals surface area contributed by atoms with Gasteiger partial charge in [-0.05, 0) is 31.7 Å². The summed E-state index contributed by atoms with van der Waals surface area (Å²) < 4.78 is 0. The molecule has 0 aromatic rings. The molecular weight excluding hydrogens is 234 g/mol. The molecule has 1 aliphatic carbocycles. The third-order valence-electron chi connectivity index (χ3n) is 3.52. The lowest BCUT2D eigenvalue weighted by Crippen LogP contribution is -2.47. The minimum absolute atomic E-state index is 0.0303. The molecule has 2 fully saturated rings. The lowest BCUT2D eigenvalue weighted by Gasteiger charge is -2.24. The maximum atomic E-state index is 12.1. The Morgan fingerprint density at radius 2 is 2.11 bits per heavy atom. The number of urea groups is 1. The highest BCUT2D eigenvalue weighted by Gasteiger charge is 2.34. The minimum atomic E-state index is -0.843. The number of hydrogen-bond donors (Lipinski definition) is 3. The smallest absolute Gasteiger partial charge is 0.317 e. The maximum absolute atomic E-state index is 12.1. The second-order valence-electron chi connectivity index (χ2n) is 5.08. The summed E-state index contributed by atoms with van der Waals surface area (Å²) in [6.07, 6.45) is 3.03. The van der Waals surface area contributed by atoms with Gasteiger partial charge in [0.05, 0.1) is 6.42 Å². The van der Waals surface area contributed by atoms with E-state index in [4.69, 9.17) is 5.11 Å². The normalized spacial score (nSPS) is 22.1. The van der Waals surface area contributed by atoms with Crippen LogP contribution in [-0.2, 0) is 4.79 Å². The van der Waals surface area contributed by atoms with Crippen molar-refractivity contribution in [3.63, 3.8) is 0 Å². The molecular formula is C12H21N3O3. The Bertz CT molecular complexity index is 310. The summed E-state index contributed by atoms with van der Waals surface area (Å²) in [5.41, 5.74) is 0. The van der Waals surface area contributed by atoms with Gasteiger partial charge in [-0.3, -0.25) is 4.79 Å². The van der Waals surface area contributed by atoms with Gasteiger partial charge in [-0.2, -0.15) is 0 Å². The zero-order valence-electron chi connectivity index (χ0n) is 10.5. The number of carbonyl (C=O) groups is 2. The Hall–Kier alpha value is -1.30. The molecule has 1 unspecified atom stereocenters. The van der Waals surface area contributed by atoms with Gasteiger partial charge >= 0.3 is 12.0 Å². The zero-order chi connectivity index (χ0) is 13.0. The third-order valence-corrected chi connectivity index (χ3v) is 3.52. The minimum Gasteiger partial charge on any atom is -0.481 e. The van der Waals surface area contributed by atoms with Gasteiger partial charge in [0.2, 0.25) is 0 Å². The Kier molecular flexibility index (Phi) is 4.41. The number of carbonyl (C=O) groups excluding carboxylic acids is 1. The van der Waals surface area contributed by atoms with Crippen molar-refractivity contribution in [1.82, 2.24) is 15.5 Å². The van der Waals surface area contributed by atoms with E-state index in [0.29, 0.717) is 12.5 Å². The topological polar surface area (TPSA) is 81.7 Å². The van der Waals surface area contributed by atoms with Crippen LogP contribution < -0.4 is 10.6 Å². The Labute approximate surface area is 107 Å². The molecule has 3 N–H and O–H groups in total. The first kappa shape index (κ1) is 13.1. The van der Waals surface area contributed by atoms with Gasteiger partial charge in [0, 0.05) is 25.7 Å². The number of hydrogen-bond acceptors (Lipinski definition) is 3. The number of rotatable bonds is 4. The molecule has 2 aliphatic rings. The van der Waals surface area contributed by atoms with Crippen LogP contribution in [0.2, 0.25) is 0 Å². The van der Waals surface area contributed by atoms with Crippen LogP contribution >= 0.6 is 0 Å². The lowest BCUT2D eigenvalue weighted by atomic mass is 10.1. The SMILES string of the molecule is O=C(O)CC(NC(=O)N1CCCNCC1)C1CC1. The van der Waals surface area contributed by atoms with Crippen LogP contribution in [0.3, 0.4) is 0 Å². The summed E-state index contributed by atoms with van der Waals surface area (Å²) in [7, 11) is 0. The van der Waals surface area contributed by atoms with Crippen LogP contribution in [0, 0.1) is 5.92 Å². The van der Waals surface area contributed by atoms with Crippen molar-refractivity contribution in [3.05, 3.63) is 0 Å². The fourth-order valence-electron chi connectivity index (χ4n) is 2.32. The van der Waals surface area contributed by atoms with Gasteiger partial charge in [0.1, 0.15) is 0 Å². The monoisotopic (exact) mass is 255 g/mol. The number of carboxylic acid groups (broad SMARTS) is 1. The van der Waals surface area contributed by atoms with Crippen LogP contribution in [0.25, 0.3) is 0 Å². The Balaban J connectivity index is 1.85. The molecule has 1 atom stereocenters. The predicted octanol–water partition coefficient (Wildman–Crippen LogP) is 0.245. The van der Waals surface area contributed by atoms with Crippen LogP contribution in [0.15, 0.2) is 0 Å². The largest absolute Gasteiger partial charge is 0.481 e. The van der Waals surface area contributed by atoms with Crippen molar-refractivity contribution in [1.29, 1.82) is 0 Å². The van der Waals surface area contributed by atoms with Crippen molar-refractivity contribution in [2.75, 3.05) is 26.2 Å². The van der Waals surface area contributed by atoms with E-state index in [9.17, 15) is 9.59 Å². The molecule has 18 heavy (non-hydrogen) atoms.